The van der Waals surface area contributed by atoms with Crippen LogP contribution >= 0.6 is 12.2 Å². The van der Waals surface area contributed by atoms with Crippen molar-refractivity contribution in [1.82, 2.24) is 10.6 Å². The minimum atomic E-state index is -0.527. The molecular weight excluding hydrogens is 412 g/mol. The summed E-state index contributed by atoms with van der Waals surface area (Å²) in [5.41, 5.74) is 1.68. The number of benzene rings is 1. The molecule has 1 heterocycles. The summed E-state index contributed by atoms with van der Waals surface area (Å²) in [4.78, 5) is 12.7. The van der Waals surface area contributed by atoms with Gasteiger partial charge in [-0.1, -0.05) is 12.1 Å². The largest absolute Gasteiger partial charge is 0.508 e. The van der Waals surface area contributed by atoms with E-state index in [1.807, 2.05) is 0 Å². The van der Waals surface area contributed by atoms with Crippen LogP contribution in [0.1, 0.15) is 18.5 Å². The molecule has 9 nitrogen and oxygen atoms in total. The molecule has 4 N–H and O–H groups in total. The van der Waals surface area contributed by atoms with E-state index in [9.17, 15) is 9.90 Å². The van der Waals surface area contributed by atoms with Crippen LogP contribution in [0.2, 0.25) is 0 Å². The van der Waals surface area contributed by atoms with E-state index in [1.54, 1.807) is 31.2 Å². The highest BCUT2D eigenvalue weighted by Crippen LogP contribution is 2.29. The van der Waals surface area contributed by atoms with E-state index >= 15 is 0 Å². The van der Waals surface area contributed by atoms with Gasteiger partial charge < -0.3 is 39.8 Å². The van der Waals surface area contributed by atoms with Crippen molar-refractivity contribution in [3.63, 3.8) is 0 Å². The van der Waals surface area contributed by atoms with Crippen molar-refractivity contribution in [2.24, 2.45) is 0 Å². The average molecular weight is 441 g/mol. The molecule has 1 aliphatic rings. The summed E-state index contributed by atoms with van der Waals surface area (Å²) in [6.07, 6.45) is 0. The summed E-state index contributed by atoms with van der Waals surface area (Å²) in [6, 6.07) is 6.10. The molecule has 10 heteroatoms. The van der Waals surface area contributed by atoms with E-state index in [0.29, 0.717) is 55.0 Å². The smallest absolute Gasteiger partial charge is 0.338 e. The first-order valence-corrected chi connectivity index (χ1v) is 10.0. The van der Waals surface area contributed by atoms with Gasteiger partial charge in [-0.25, -0.2) is 4.79 Å². The molecule has 1 aromatic rings. The molecule has 30 heavy (non-hydrogen) atoms. The number of nitrogens with one attached hydrogen (secondary N) is 2. The predicted octanol–water partition coefficient (Wildman–Crippen LogP) is 0.770. The molecule has 2 rings (SSSR count). The van der Waals surface area contributed by atoms with Crippen LogP contribution < -0.4 is 10.6 Å². The summed E-state index contributed by atoms with van der Waals surface area (Å²) in [5, 5.41) is 24.7. The molecular formula is C20H28N2O7S. The monoisotopic (exact) mass is 440 g/mol. The third kappa shape index (κ3) is 7.88. The lowest BCUT2D eigenvalue weighted by molar-refractivity contribution is -0.141. The molecule has 1 aromatic carbocycles. The van der Waals surface area contributed by atoms with E-state index in [0.717, 1.165) is 0 Å². The van der Waals surface area contributed by atoms with Crippen LogP contribution in [0, 0.1) is 0 Å². The van der Waals surface area contributed by atoms with Crippen molar-refractivity contribution >= 4 is 23.3 Å². The summed E-state index contributed by atoms with van der Waals surface area (Å²) >= 11 is 5.20. The van der Waals surface area contributed by atoms with Crippen molar-refractivity contribution in [2.45, 2.75) is 13.0 Å². The van der Waals surface area contributed by atoms with Crippen LogP contribution in [-0.4, -0.2) is 74.1 Å². The number of phenolic OH excluding ortho intramolecular Hbond substituents is 1. The average Bonchev–Trinajstić information content (AvgIpc) is 2.71. The van der Waals surface area contributed by atoms with Crippen LogP contribution in [0.5, 0.6) is 5.75 Å². The first-order valence-electron chi connectivity index (χ1n) is 9.61. The number of hydrogen-bond donors (Lipinski definition) is 4. The SMILES string of the molecule is CC1=C(C(=O)OCCOCCOCCOCCO)C(c2cccc(O)c2)NC(=S)N1. The lowest BCUT2D eigenvalue weighted by atomic mass is 9.95. The standard InChI is InChI=1S/C20H28N2O7S/c1-14-17(18(22-20(30)21-14)15-3-2-4-16(24)13-15)19(25)29-12-11-28-10-9-27-8-7-26-6-5-23/h2-4,13,18,23-24H,5-12H2,1H3,(H2,21,22,30). The fourth-order valence-corrected chi connectivity index (χ4v) is 3.07. The first-order chi connectivity index (χ1) is 14.5. The Kier molecular flexibility index (Phi) is 10.5. The van der Waals surface area contributed by atoms with Crippen molar-refractivity contribution in [2.75, 3.05) is 52.9 Å². The topological polar surface area (TPSA) is 119 Å². The minimum Gasteiger partial charge on any atom is -0.508 e. The van der Waals surface area contributed by atoms with Crippen LogP contribution in [0.4, 0.5) is 0 Å². The maximum absolute atomic E-state index is 12.7. The molecule has 0 bridgehead atoms. The number of ether oxygens (including phenoxy) is 4. The Bertz CT molecular complexity index is 742. The molecule has 1 aliphatic heterocycles. The van der Waals surface area contributed by atoms with Gasteiger partial charge in [0.1, 0.15) is 12.4 Å². The number of hydrogen-bond acceptors (Lipinski definition) is 8. The lowest BCUT2D eigenvalue weighted by Gasteiger charge is -2.29. The summed E-state index contributed by atoms with van der Waals surface area (Å²) < 4.78 is 21.1. The zero-order chi connectivity index (χ0) is 21.8. The Morgan fingerprint density at radius 2 is 1.70 bits per heavy atom. The van der Waals surface area contributed by atoms with Crippen LogP contribution in [0.3, 0.4) is 0 Å². The second-order valence-corrected chi connectivity index (χ2v) is 6.77. The minimum absolute atomic E-state index is 0.00830. The second-order valence-electron chi connectivity index (χ2n) is 6.36. The van der Waals surface area contributed by atoms with Gasteiger partial charge in [-0.05, 0) is 36.8 Å². The number of aliphatic hydroxyl groups is 1. The number of rotatable bonds is 13. The van der Waals surface area contributed by atoms with Crippen molar-refractivity contribution in [3.8, 4) is 5.75 Å². The zero-order valence-electron chi connectivity index (χ0n) is 16.9. The van der Waals surface area contributed by atoms with E-state index in [2.05, 4.69) is 10.6 Å². The molecule has 0 spiro atoms. The molecule has 0 fully saturated rings. The maximum Gasteiger partial charge on any atom is 0.338 e. The fraction of sp³-hybridized carbons (Fsp3) is 0.500. The molecule has 0 aromatic heterocycles. The first kappa shape index (κ1) is 24.0. The maximum atomic E-state index is 12.7. The number of esters is 1. The molecule has 0 radical (unpaired) electrons. The van der Waals surface area contributed by atoms with Gasteiger partial charge in [0, 0.05) is 5.70 Å². The van der Waals surface area contributed by atoms with Gasteiger partial charge in [0.2, 0.25) is 0 Å². The quantitative estimate of drug-likeness (QED) is 0.199. The Morgan fingerprint density at radius 3 is 2.33 bits per heavy atom. The number of aliphatic hydroxyl groups excluding tert-OH is 1. The highest BCUT2D eigenvalue weighted by molar-refractivity contribution is 7.80. The number of carbonyl (C=O) groups excluding carboxylic acids is 1. The number of carbonyl (C=O) groups is 1. The van der Waals surface area contributed by atoms with Crippen molar-refractivity contribution in [1.29, 1.82) is 0 Å². The number of allylic oxidation sites excluding steroid dienone is 1. The van der Waals surface area contributed by atoms with Gasteiger partial charge in [-0.2, -0.15) is 0 Å². The normalized spacial score (nSPS) is 16.2. The number of thiocarbonyl (C=S) groups is 1. The number of aromatic hydroxyl groups is 1. The van der Waals surface area contributed by atoms with Crippen LogP contribution in [0.15, 0.2) is 35.5 Å². The summed E-state index contributed by atoms with van der Waals surface area (Å²) in [6.45, 7) is 3.95. The Hall–Kier alpha value is -2.24. The molecule has 0 aliphatic carbocycles. The molecule has 0 amide bonds. The van der Waals surface area contributed by atoms with Gasteiger partial charge in [-0.3, -0.25) is 0 Å². The van der Waals surface area contributed by atoms with Gasteiger partial charge >= 0.3 is 5.97 Å². The van der Waals surface area contributed by atoms with Gasteiger partial charge in [0.15, 0.2) is 5.11 Å². The van der Waals surface area contributed by atoms with E-state index < -0.39 is 12.0 Å². The van der Waals surface area contributed by atoms with E-state index in [-0.39, 0.29) is 25.6 Å². The number of phenols is 1. The van der Waals surface area contributed by atoms with Crippen molar-refractivity contribution in [3.05, 3.63) is 41.1 Å². The molecule has 0 saturated heterocycles. The highest BCUT2D eigenvalue weighted by atomic mass is 32.1. The van der Waals surface area contributed by atoms with Gasteiger partial charge in [-0.15, -0.1) is 0 Å². The third-order valence-electron chi connectivity index (χ3n) is 4.13. The van der Waals surface area contributed by atoms with E-state index in [4.69, 9.17) is 36.3 Å². The molecule has 166 valence electrons. The van der Waals surface area contributed by atoms with Crippen molar-refractivity contribution < 1.29 is 34.0 Å². The Labute approximate surface area is 181 Å². The Balaban J connectivity index is 1.76. The van der Waals surface area contributed by atoms with Gasteiger partial charge in [0.05, 0.1) is 57.9 Å². The van der Waals surface area contributed by atoms with Gasteiger partial charge in [0.25, 0.3) is 0 Å². The molecule has 1 atom stereocenters. The zero-order valence-corrected chi connectivity index (χ0v) is 17.7. The van der Waals surface area contributed by atoms with Crippen LogP contribution in [0.25, 0.3) is 0 Å². The summed E-state index contributed by atoms with van der Waals surface area (Å²) in [7, 11) is 0. The van der Waals surface area contributed by atoms with Crippen LogP contribution in [-0.2, 0) is 23.7 Å². The molecule has 1 unspecified atom stereocenters. The predicted molar refractivity (Wildman–Crippen MR) is 113 cm³/mol. The summed E-state index contributed by atoms with van der Waals surface area (Å²) in [5.74, 6) is -0.399. The third-order valence-corrected chi connectivity index (χ3v) is 4.35. The second kappa shape index (κ2) is 13.1. The Morgan fingerprint density at radius 1 is 1.07 bits per heavy atom. The molecule has 0 saturated carbocycles. The fourth-order valence-electron chi connectivity index (χ4n) is 2.80. The lowest BCUT2D eigenvalue weighted by Crippen LogP contribution is -2.45. The highest BCUT2D eigenvalue weighted by Gasteiger charge is 2.31. The van der Waals surface area contributed by atoms with E-state index in [1.165, 1.54) is 0 Å².